The highest BCUT2D eigenvalue weighted by molar-refractivity contribution is 4.95. The van der Waals surface area contributed by atoms with Gasteiger partial charge in [-0.3, -0.25) is 4.90 Å². The maximum Gasteiger partial charge on any atom is 0.122 e. The topological polar surface area (TPSA) is 42.3 Å². The predicted molar refractivity (Wildman–Crippen MR) is 71.5 cm³/mol. The lowest BCUT2D eigenvalue weighted by Gasteiger charge is -2.27. The van der Waals surface area contributed by atoms with Crippen LogP contribution in [0.4, 0.5) is 0 Å². The van der Waals surface area contributed by atoms with Gasteiger partial charge >= 0.3 is 0 Å². The molecule has 5 heteroatoms. The van der Waals surface area contributed by atoms with Crippen LogP contribution in [0.25, 0.3) is 0 Å². The van der Waals surface area contributed by atoms with E-state index in [2.05, 4.69) is 26.0 Å². The second-order valence-electron chi connectivity index (χ2n) is 4.61. The van der Waals surface area contributed by atoms with Crippen LogP contribution < -0.4 is 5.32 Å². The second kappa shape index (κ2) is 7.51. The Morgan fingerprint density at radius 3 is 3.22 bits per heavy atom. The molecule has 0 spiro atoms. The van der Waals surface area contributed by atoms with Gasteiger partial charge in [-0.25, -0.2) is 4.98 Å². The molecular weight excluding hydrogens is 228 g/mol. The normalized spacial score (nSPS) is 15.8. The van der Waals surface area contributed by atoms with Gasteiger partial charge in [0.1, 0.15) is 5.82 Å². The molecule has 1 aromatic rings. The zero-order valence-electron chi connectivity index (χ0n) is 11.3. The third-order valence-electron chi connectivity index (χ3n) is 3.28. The highest BCUT2D eigenvalue weighted by atomic mass is 16.5. The Morgan fingerprint density at radius 1 is 1.39 bits per heavy atom. The minimum absolute atomic E-state index is 0.820. The van der Waals surface area contributed by atoms with Gasteiger partial charge in [-0.1, -0.05) is 0 Å². The monoisotopic (exact) mass is 252 g/mol. The third-order valence-corrected chi connectivity index (χ3v) is 3.28. The van der Waals surface area contributed by atoms with Crippen molar-refractivity contribution in [3.05, 3.63) is 18.2 Å². The first-order valence-corrected chi connectivity index (χ1v) is 6.91. The summed E-state index contributed by atoms with van der Waals surface area (Å²) in [6.45, 7) is 10.1. The number of hydrogen-bond acceptors (Lipinski definition) is 4. The molecule has 1 N–H and O–H groups in total. The largest absolute Gasteiger partial charge is 0.382 e. The van der Waals surface area contributed by atoms with E-state index in [-0.39, 0.29) is 0 Å². The molecule has 5 nitrogen and oxygen atoms in total. The van der Waals surface area contributed by atoms with E-state index in [1.807, 2.05) is 13.1 Å². The number of fused-ring (bicyclic) bond motifs is 1. The van der Waals surface area contributed by atoms with E-state index in [0.29, 0.717) is 0 Å². The van der Waals surface area contributed by atoms with Gasteiger partial charge < -0.3 is 14.6 Å². The molecular formula is C13H24N4O. The van der Waals surface area contributed by atoms with Gasteiger partial charge in [-0.2, -0.15) is 0 Å². The molecule has 18 heavy (non-hydrogen) atoms. The van der Waals surface area contributed by atoms with Crippen LogP contribution >= 0.6 is 0 Å². The molecule has 2 rings (SSSR count). The Balaban J connectivity index is 1.53. The van der Waals surface area contributed by atoms with Crippen LogP contribution in [0.5, 0.6) is 0 Å². The summed E-state index contributed by atoms with van der Waals surface area (Å²) in [4.78, 5) is 6.83. The fourth-order valence-corrected chi connectivity index (χ4v) is 2.22. The maximum atomic E-state index is 5.30. The standard InChI is InChI=1S/C13H24N4O/c1-2-18-11-3-4-14-5-7-16-9-10-17-8-6-15-13(17)12-16/h6,8,14H,2-5,7,9-12H2,1H3. The summed E-state index contributed by atoms with van der Waals surface area (Å²) < 4.78 is 7.54. The van der Waals surface area contributed by atoms with E-state index >= 15 is 0 Å². The number of nitrogens with one attached hydrogen (secondary N) is 1. The number of rotatable bonds is 8. The summed E-state index contributed by atoms with van der Waals surface area (Å²) >= 11 is 0. The summed E-state index contributed by atoms with van der Waals surface area (Å²) in [5.74, 6) is 1.19. The lowest BCUT2D eigenvalue weighted by atomic mass is 10.3. The highest BCUT2D eigenvalue weighted by Gasteiger charge is 2.15. The molecule has 2 heterocycles. The molecule has 0 bridgehead atoms. The molecule has 0 atom stereocenters. The zero-order chi connectivity index (χ0) is 12.6. The van der Waals surface area contributed by atoms with Crippen molar-refractivity contribution in [2.45, 2.75) is 26.4 Å². The van der Waals surface area contributed by atoms with E-state index in [0.717, 1.165) is 58.9 Å². The van der Waals surface area contributed by atoms with Gasteiger partial charge in [0.2, 0.25) is 0 Å². The quantitative estimate of drug-likeness (QED) is 0.692. The molecule has 0 unspecified atom stereocenters. The third kappa shape index (κ3) is 4.08. The van der Waals surface area contributed by atoms with E-state index in [9.17, 15) is 0 Å². The average Bonchev–Trinajstić information content (AvgIpc) is 2.85. The van der Waals surface area contributed by atoms with Crippen molar-refractivity contribution in [2.75, 3.05) is 39.4 Å². The highest BCUT2D eigenvalue weighted by Crippen LogP contribution is 2.08. The van der Waals surface area contributed by atoms with Gasteiger partial charge in [0.05, 0.1) is 6.54 Å². The Morgan fingerprint density at radius 2 is 2.33 bits per heavy atom. The minimum Gasteiger partial charge on any atom is -0.382 e. The molecule has 0 saturated heterocycles. The van der Waals surface area contributed by atoms with Crippen LogP contribution in [0.1, 0.15) is 19.2 Å². The van der Waals surface area contributed by atoms with Crippen LogP contribution in [-0.2, 0) is 17.8 Å². The molecule has 1 aliphatic rings. The Labute approximate surface area is 109 Å². The van der Waals surface area contributed by atoms with Crippen LogP contribution in [0.2, 0.25) is 0 Å². The van der Waals surface area contributed by atoms with Crippen molar-refractivity contribution < 1.29 is 4.74 Å². The Hall–Kier alpha value is -0.910. The molecule has 1 aromatic heterocycles. The number of hydrogen-bond donors (Lipinski definition) is 1. The molecule has 102 valence electrons. The first-order valence-electron chi connectivity index (χ1n) is 6.91. The molecule has 0 aromatic carbocycles. The van der Waals surface area contributed by atoms with Crippen molar-refractivity contribution in [3.8, 4) is 0 Å². The van der Waals surface area contributed by atoms with Crippen molar-refractivity contribution >= 4 is 0 Å². The lowest BCUT2D eigenvalue weighted by Crippen LogP contribution is -2.38. The Kier molecular flexibility index (Phi) is 5.64. The molecule has 1 aliphatic heterocycles. The second-order valence-corrected chi connectivity index (χ2v) is 4.61. The van der Waals surface area contributed by atoms with Crippen molar-refractivity contribution in [1.29, 1.82) is 0 Å². The van der Waals surface area contributed by atoms with E-state index in [1.54, 1.807) is 0 Å². The van der Waals surface area contributed by atoms with Crippen molar-refractivity contribution in [2.24, 2.45) is 0 Å². The Bertz CT molecular complexity index is 339. The van der Waals surface area contributed by atoms with Gasteiger partial charge in [0.25, 0.3) is 0 Å². The average molecular weight is 252 g/mol. The number of nitrogens with zero attached hydrogens (tertiary/aromatic N) is 3. The minimum atomic E-state index is 0.820. The molecule has 0 amide bonds. The lowest BCUT2D eigenvalue weighted by molar-refractivity contribution is 0.144. The van der Waals surface area contributed by atoms with Gasteiger partial charge in [0.15, 0.2) is 0 Å². The van der Waals surface area contributed by atoms with E-state index < -0.39 is 0 Å². The molecule has 0 aliphatic carbocycles. The summed E-state index contributed by atoms with van der Waals surface area (Å²) in [6, 6.07) is 0. The number of ether oxygens (including phenoxy) is 1. The summed E-state index contributed by atoms with van der Waals surface area (Å²) in [7, 11) is 0. The van der Waals surface area contributed by atoms with Crippen LogP contribution in [0.15, 0.2) is 12.4 Å². The summed E-state index contributed by atoms with van der Waals surface area (Å²) in [5.41, 5.74) is 0. The number of imidazole rings is 1. The summed E-state index contributed by atoms with van der Waals surface area (Å²) in [6.07, 6.45) is 5.06. The first-order chi connectivity index (χ1) is 8.90. The fraction of sp³-hybridized carbons (Fsp3) is 0.769. The maximum absolute atomic E-state index is 5.30. The zero-order valence-corrected chi connectivity index (χ0v) is 11.3. The fourth-order valence-electron chi connectivity index (χ4n) is 2.22. The molecule has 0 fully saturated rings. The van der Waals surface area contributed by atoms with Crippen LogP contribution in [0.3, 0.4) is 0 Å². The van der Waals surface area contributed by atoms with Crippen LogP contribution in [-0.4, -0.2) is 53.8 Å². The van der Waals surface area contributed by atoms with Crippen molar-refractivity contribution in [3.63, 3.8) is 0 Å². The van der Waals surface area contributed by atoms with Crippen molar-refractivity contribution in [1.82, 2.24) is 19.8 Å². The van der Waals surface area contributed by atoms with E-state index in [1.165, 1.54) is 5.82 Å². The van der Waals surface area contributed by atoms with Gasteiger partial charge in [0, 0.05) is 51.8 Å². The molecule has 0 saturated carbocycles. The predicted octanol–water partition coefficient (Wildman–Crippen LogP) is 0.715. The van der Waals surface area contributed by atoms with Gasteiger partial charge in [-0.05, 0) is 19.9 Å². The number of aromatic nitrogens is 2. The van der Waals surface area contributed by atoms with Crippen LogP contribution in [0, 0.1) is 0 Å². The summed E-state index contributed by atoms with van der Waals surface area (Å²) in [5, 5.41) is 3.46. The smallest absolute Gasteiger partial charge is 0.122 e. The molecule has 0 radical (unpaired) electrons. The van der Waals surface area contributed by atoms with Gasteiger partial charge in [-0.15, -0.1) is 0 Å². The van der Waals surface area contributed by atoms with E-state index in [4.69, 9.17) is 4.74 Å². The first kappa shape index (κ1) is 13.5. The SMILES string of the molecule is CCOCCCNCCN1CCn2ccnc2C1.